The van der Waals surface area contributed by atoms with Gasteiger partial charge in [-0.1, -0.05) is 0 Å². The Labute approximate surface area is 127 Å². The summed E-state index contributed by atoms with van der Waals surface area (Å²) in [7, 11) is 0. The van der Waals surface area contributed by atoms with E-state index in [-0.39, 0.29) is 30.5 Å². The van der Waals surface area contributed by atoms with Gasteiger partial charge in [0.1, 0.15) is 17.6 Å². The first-order valence-electron chi connectivity index (χ1n) is 7.18. The fourth-order valence-corrected chi connectivity index (χ4v) is 2.44. The van der Waals surface area contributed by atoms with Crippen LogP contribution >= 0.6 is 0 Å². The van der Waals surface area contributed by atoms with Crippen molar-refractivity contribution < 1.29 is 13.6 Å². The van der Waals surface area contributed by atoms with Crippen molar-refractivity contribution in [3.63, 3.8) is 0 Å². The molecule has 1 aromatic rings. The fraction of sp³-hybridized carbons (Fsp3) is 0.533. The maximum atomic E-state index is 13.1. The molecule has 0 saturated heterocycles. The molecule has 0 aromatic carbocycles. The predicted molar refractivity (Wildman–Crippen MR) is 77.3 cm³/mol. The Hall–Kier alpha value is -2.23. The van der Waals surface area contributed by atoms with Gasteiger partial charge in [0.2, 0.25) is 11.8 Å². The summed E-state index contributed by atoms with van der Waals surface area (Å²) >= 11 is 0. The number of amides is 1. The molecule has 22 heavy (non-hydrogen) atoms. The molecule has 1 amide bonds. The largest absolute Gasteiger partial charge is 0.367 e. The monoisotopic (exact) mass is 308 g/mol. The first-order valence-corrected chi connectivity index (χ1v) is 7.18. The van der Waals surface area contributed by atoms with Crippen LogP contribution in [0.25, 0.3) is 0 Å². The van der Waals surface area contributed by atoms with Crippen molar-refractivity contribution in [1.29, 1.82) is 5.26 Å². The summed E-state index contributed by atoms with van der Waals surface area (Å²) in [6, 6.07) is 5.21. The van der Waals surface area contributed by atoms with Crippen LogP contribution in [0.1, 0.15) is 43.9 Å². The third-order valence-electron chi connectivity index (χ3n) is 3.61. The molecule has 1 aromatic heterocycles. The van der Waals surface area contributed by atoms with Crippen molar-refractivity contribution in [2.75, 3.05) is 5.32 Å². The van der Waals surface area contributed by atoms with Gasteiger partial charge in [-0.25, -0.2) is 13.8 Å². The van der Waals surface area contributed by atoms with Crippen LogP contribution in [0.3, 0.4) is 0 Å². The predicted octanol–water partition coefficient (Wildman–Crippen LogP) is 2.58. The zero-order valence-electron chi connectivity index (χ0n) is 12.3. The molecule has 0 bridgehead atoms. The van der Waals surface area contributed by atoms with Crippen LogP contribution in [0.4, 0.5) is 14.6 Å². The van der Waals surface area contributed by atoms with E-state index in [2.05, 4.69) is 15.6 Å². The zero-order valence-corrected chi connectivity index (χ0v) is 12.3. The summed E-state index contributed by atoms with van der Waals surface area (Å²) < 4.78 is 26.3. The van der Waals surface area contributed by atoms with E-state index >= 15 is 0 Å². The molecule has 7 heteroatoms. The number of carbonyl (C=O) groups is 1. The molecule has 0 aliphatic heterocycles. The number of nitrogens with one attached hydrogen (secondary N) is 2. The van der Waals surface area contributed by atoms with Gasteiger partial charge in [0.15, 0.2) is 0 Å². The number of aromatic nitrogens is 1. The van der Waals surface area contributed by atoms with E-state index < -0.39 is 5.92 Å². The number of nitriles is 1. The maximum absolute atomic E-state index is 13.1. The molecular weight excluding hydrogens is 290 g/mol. The maximum Gasteiger partial charge on any atom is 0.248 e. The first kappa shape index (κ1) is 16.1. The number of pyridine rings is 1. The van der Waals surface area contributed by atoms with E-state index in [9.17, 15) is 13.6 Å². The Morgan fingerprint density at radius 2 is 2.14 bits per heavy atom. The van der Waals surface area contributed by atoms with Crippen LogP contribution < -0.4 is 10.6 Å². The zero-order chi connectivity index (χ0) is 16.2. The third kappa shape index (κ3) is 4.65. The average Bonchev–Trinajstić information content (AvgIpc) is 2.47. The van der Waals surface area contributed by atoms with Gasteiger partial charge in [-0.15, -0.1) is 0 Å². The Morgan fingerprint density at radius 3 is 2.73 bits per heavy atom. The fourth-order valence-electron chi connectivity index (χ4n) is 2.44. The molecule has 0 unspecified atom stereocenters. The molecule has 5 nitrogen and oxygen atoms in total. The Morgan fingerprint density at radius 1 is 1.45 bits per heavy atom. The van der Waals surface area contributed by atoms with Gasteiger partial charge in [-0.05, 0) is 30.5 Å². The molecule has 0 spiro atoms. The highest BCUT2D eigenvalue weighted by Gasteiger charge is 2.34. The molecule has 2 N–H and O–H groups in total. The molecule has 118 valence electrons. The average molecular weight is 308 g/mol. The summed E-state index contributed by atoms with van der Waals surface area (Å²) in [6.07, 6.45) is 0.460. The Kier molecular flexibility index (Phi) is 4.91. The molecule has 1 aliphatic rings. The quantitative estimate of drug-likeness (QED) is 0.896. The second-order valence-corrected chi connectivity index (χ2v) is 5.54. The summed E-state index contributed by atoms with van der Waals surface area (Å²) in [6.45, 7) is 1.71. The van der Waals surface area contributed by atoms with E-state index in [4.69, 9.17) is 5.26 Å². The molecule has 2 rings (SSSR count). The smallest absolute Gasteiger partial charge is 0.248 e. The highest BCUT2D eigenvalue weighted by molar-refractivity contribution is 5.72. The summed E-state index contributed by atoms with van der Waals surface area (Å²) in [5.74, 6) is -2.26. The lowest BCUT2D eigenvalue weighted by molar-refractivity contribution is -0.119. The number of halogens is 2. The van der Waals surface area contributed by atoms with Crippen molar-refractivity contribution in [1.82, 2.24) is 10.3 Å². The van der Waals surface area contributed by atoms with E-state index in [1.807, 2.05) is 6.07 Å². The van der Waals surface area contributed by atoms with Crippen molar-refractivity contribution in [2.24, 2.45) is 0 Å². The number of rotatable bonds is 4. The van der Waals surface area contributed by atoms with Crippen molar-refractivity contribution in [3.05, 3.63) is 23.4 Å². The minimum Gasteiger partial charge on any atom is -0.367 e. The van der Waals surface area contributed by atoms with Gasteiger partial charge in [0, 0.05) is 32.4 Å². The van der Waals surface area contributed by atoms with Crippen LogP contribution in [0, 0.1) is 11.3 Å². The SMILES string of the molecule is CC(=O)NCc1cc(C#N)nc(NC2CCC(F)(F)CC2)c1. The molecule has 1 fully saturated rings. The van der Waals surface area contributed by atoms with Gasteiger partial charge in [0.25, 0.3) is 0 Å². The minimum atomic E-state index is -2.57. The van der Waals surface area contributed by atoms with Crippen LogP contribution in [0.15, 0.2) is 12.1 Å². The second kappa shape index (κ2) is 6.69. The number of anilines is 1. The Bertz CT molecular complexity index is 588. The number of carbonyl (C=O) groups excluding carboxylic acids is 1. The molecule has 1 aliphatic carbocycles. The van der Waals surface area contributed by atoms with E-state index in [0.29, 0.717) is 25.2 Å². The van der Waals surface area contributed by atoms with Crippen molar-refractivity contribution >= 4 is 11.7 Å². The minimum absolute atomic E-state index is 0.0744. The summed E-state index contributed by atoms with van der Waals surface area (Å²) in [5, 5.41) is 14.8. The van der Waals surface area contributed by atoms with Gasteiger partial charge >= 0.3 is 0 Å². The molecule has 0 radical (unpaired) electrons. The molecule has 0 atom stereocenters. The van der Waals surface area contributed by atoms with Gasteiger partial charge in [0.05, 0.1) is 0 Å². The molecule has 1 saturated carbocycles. The van der Waals surface area contributed by atoms with Gasteiger partial charge in [-0.2, -0.15) is 5.26 Å². The number of hydrogen-bond acceptors (Lipinski definition) is 4. The first-order chi connectivity index (χ1) is 10.4. The van der Waals surface area contributed by atoms with Crippen molar-refractivity contribution in [2.45, 2.75) is 51.1 Å². The van der Waals surface area contributed by atoms with Crippen LogP contribution in [0.5, 0.6) is 0 Å². The standard InChI is InChI=1S/C15H18F2N4O/c1-10(22)19-9-11-6-13(8-18)21-14(7-11)20-12-2-4-15(16,17)5-3-12/h6-7,12H,2-5,9H2,1H3,(H,19,22)(H,20,21). The Balaban J connectivity index is 2.05. The lowest BCUT2D eigenvalue weighted by atomic mass is 9.92. The van der Waals surface area contributed by atoms with E-state index in [1.54, 1.807) is 12.1 Å². The van der Waals surface area contributed by atoms with Crippen molar-refractivity contribution in [3.8, 4) is 6.07 Å². The molecule has 1 heterocycles. The van der Waals surface area contributed by atoms with Crippen LogP contribution in [-0.2, 0) is 11.3 Å². The molecular formula is C15H18F2N4O. The lowest BCUT2D eigenvalue weighted by Crippen LogP contribution is -2.32. The van der Waals surface area contributed by atoms with E-state index in [0.717, 1.165) is 5.56 Å². The third-order valence-corrected chi connectivity index (χ3v) is 3.61. The number of nitrogens with zero attached hydrogens (tertiary/aromatic N) is 2. The lowest BCUT2D eigenvalue weighted by Gasteiger charge is -2.29. The van der Waals surface area contributed by atoms with Gasteiger partial charge < -0.3 is 10.6 Å². The van der Waals surface area contributed by atoms with Gasteiger partial charge in [-0.3, -0.25) is 4.79 Å². The summed E-state index contributed by atoms with van der Waals surface area (Å²) in [4.78, 5) is 15.1. The van der Waals surface area contributed by atoms with Crippen LogP contribution in [-0.4, -0.2) is 22.9 Å². The highest BCUT2D eigenvalue weighted by Crippen LogP contribution is 2.34. The van der Waals surface area contributed by atoms with E-state index in [1.165, 1.54) is 6.92 Å². The summed E-state index contributed by atoms with van der Waals surface area (Å²) in [5.41, 5.74) is 0.969. The normalized spacial score (nSPS) is 17.5. The second-order valence-electron chi connectivity index (χ2n) is 5.54. The topological polar surface area (TPSA) is 77.8 Å². The number of alkyl halides is 2. The van der Waals surface area contributed by atoms with Crippen LogP contribution in [0.2, 0.25) is 0 Å². The number of hydrogen-bond donors (Lipinski definition) is 2. The highest BCUT2D eigenvalue weighted by atomic mass is 19.3.